The number of rotatable bonds is 8. The van der Waals surface area contributed by atoms with Crippen LogP contribution < -0.4 is 0 Å². The van der Waals surface area contributed by atoms with E-state index in [1.165, 1.54) is 0 Å². The molecule has 9 heteroatoms. The summed E-state index contributed by atoms with van der Waals surface area (Å²) in [7, 11) is 0. The zero-order valence-electron chi connectivity index (χ0n) is 11.3. The summed E-state index contributed by atoms with van der Waals surface area (Å²) in [6.07, 6.45) is 0. The smallest absolute Gasteiger partial charge is 0.341 e. The molecule has 1 N–H and O–H groups in total. The van der Waals surface area contributed by atoms with Gasteiger partial charge in [0.1, 0.15) is 0 Å². The van der Waals surface area contributed by atoms with Gasteiger partial charge in [0.05, 0.1) is 17.1 Å². The molecule has 1 aromatic rings. The van der Waals surface area contributed by atoms with Crippen molar-refractivity contribution in [2.24, 2.45) is 5.28 Å². The summed E-state index contributed by atoms with van der Waals surface area (Å²) >= 11 is 0. The van der Waals surface area contributed by atoms with Crippen molar-refractivity contribution >= 4 is 11.9 Å². The Morgan fingerprint density at radius 1 is 1.38 bits per heavy atom. The number of carbonyl (C=O) groups is 2. The van der Waals surface area contributed by atoms with Gasteiger partial charge in [-0.05, 0) is 19.1 Å². The Balaban J connectivity index is 2.39. The van der Waals surface area contributed by atoms with Gasteiger partial charge in [0.2, 0.25) is 5.28 Å². The highest BCUT2D eigenvalue weighted by atomic mass is 16.8. The van der Waals surface area contributed by atoms with E-state index in [0.29, 0.717) is 5.56 Å². The Morgan fingerprint density at radius 2 is 2.05 bits per heavy atom. The molecule has 0 heterocycles. The molecule has 21 heavy (non-hydrogen) atoms. The Morgan fingerprint density at radius 3 is 2.62 bits per heavy atom. The number of hydrazine groups is 1. The van der Waals surface area contributed by atoms with Gasteiger partial charge < -0.3 is 19.9 Å². The van der Waals surface area contributed by atoms with Crippen LogP contribution in [0.5, 0.6) is 0 Å². The van der Waals surface area contributed by atoms with Gasteiger partial charge in [0.25, 0.3) is 6.79 Å². The standard InChI is InChI=1S/C12H15N3O6/c1-2-14(8-11(16)17)15(19)13-21-9-20-12(18)10-6-4-3-5-7-10/h3-7H,2,8-9H2,1H3,(H,16,17). The molecule has 0 unspecified atom stereocenters. The second-order valence-corrected chi connectivity index (χ2v) is 3.75. The minimum atomic E-state index is -1.18. The van der Waals surface area contributed by atoms with E-state index in [9.17, 15) is 14.8 Å². The molecule has 0 radical (unpaired) electrons. The molecule has 0 aliphatic carbocycles. The average molecular weight is 297 g/mol. The molecule has 9 nitrogen and oxygen atoms in total. The lowest BCUT2D eigenvalue weighted by molar-refractivity contribution is -0.709. The number of hydrogen-bond acceptors (Lipinski definition) is 6. The first kappa shape index (κ1) is 16.2. The maximum atomic E-state index is 11.5. The lowest BCUT2D eigenvalue weighted by Gasteiger charge is -2.13. The molecule has 0 aliphatic rings. The number of aliphatic carboxylic acids is 1. The van der Waals surface area contributed by atoms with Gasteiger partial charge in [0, 0.05) is 0 Å². The largest absolute Gasteiger partial charge is 0.569 e. The highest BCUT2D eigenvalue weighted by Crippen LogP contribution is 2.01. The number of esters is 1. The first-order chi connectivity index (χ1) is 10.0. The van der Waals surface area contributed by atoms with Crippen molar-refractivity contribution in [1.29, 1.82) is 0 Å². The average Bonchev–Trinajstić information content (AvgIpc) is 2.49. The monoisotopic (exact) mass is 297 g/mol. The van der Waals surface area contributed by atoms with Crippen molar-refractivity contribution < 1.29 is 29.2 Å². The Labute approximate surface area is 120 Å². The van der Waals surface area contributed by atoms with Crippen LogP contribution >= 0.6 is 0 Å². The summed E-state index contributed by atoms with van der Waals surface area (Å²) in [5.41, 5.74) is 0.334. The number of carboxylic acid groups (broad SMARTS) is 1. The van der Waals surface area contributed by atoms with Crippen LogP contribution in [0.3, 0.4) is 0 Å². The summed E-state index contributed by atoms with van der Waals surface area (Å²) in [4.78, 5) is 26.5. The third-order valence-corrected chi connectivity index (χ3v) is 2.30. The summed E-state index contributed by atoms with van der Waals surface area (Å²) < 4.78 is 4.72. The molecular formula is C12H15N3O6. The van der Waals surface area contributed by atoms with Gasteiger partial charge in [-0.2, -0.15) is 0 Å². The maximum absolute atomic E-state index is 11.5. The van der Waals surface area contributed by atoms with Crippen LogP contribution in [0.4, 0.5) is 0 Å². The third-order valence-electron chi connectivity index (χ3n) is 2.30. The van der Waals surface area contributed by atoms with Crippen molar-refractivity contribution in [2.45, 2.75) is 6.92 Å². The van der Waals surface area contributed by atoms with E-state index in [4.69, 9.17) is 9.84 Å². The van der Waals surface area contributed by atoms with E-state index < -0.39 is 25.3 Å². The first-order valence-corrected chi connectivity index (χ1v) is 6.03. The van der Waals surface area contributed by atoms with E-state index in [1.54, 1.807) is 37.3 Å². The molecule has 0 atom stereocenters. The highest BCUT2D eigenvalue weighted by Gasteiger charge is 2.15. The molecule has 0 saturated heterocycles. The van der Waals surface area contributed by atoms with E-state index in [0.717, 1.165) is 5.01 Å². The number of likely N-dealkylation sites (N-methyl/N-ethyl adjacent to an activating group) is 1. The number of hydrogen-bond donors (Lipinski definition) is 1. The molecular weight excluding hydrogens is 282 g/mol. The van der Waals surface area contributed by atoms with Crippen molar-refractivity contribution in [3.8, 4) is 0 Å². The van der Waals surface area contributed by atoms with Crippen molar-refractivity contribution in [3.63, 3.8) is 0 Å². The van der Waals surface area contributed by atoms with Crippen LogP contribution in [-0.4, -0.2) is 46.9 Å². The Kier molecular flexibility index (Phi) is 6.45. The number of nitrogens with zero attached hydrogens (tertiary/aromatic N) is 3. The Bertz CT molecular complexity index is 505. The van der Waals surface area contributed by atoms with Crippen LogP contribution in [0.25, 0.3) is 0 Å². The first-order valence-electron chi connectivity index (χ1n) is 6.03. The van der Waals surface area contributed by atoms with Crippen LogP contribution in [0.15, 0.2) is 35.6 Å². The predicted molar refractivity (Wildman–Crippen MR) is 68.7 cm³/mol. The molecule has 114 valence electrons. The zero-order chi connectivity index (χ0) is 15.7. The summed E-state index contributed by atoms with van der Waals surface area (Å²) in [6.45, 7) is 0.638. The summed E-state index contributed by atoms with van der Waals surface area (Å²) in [6, 6.07) is 8.22. The van der Waals surface area contributed by atoms with E-state index in [1.807, 2.05) is 0 Å². The van der Waals surface area contributed by atoms with Gasteiger partial charge >= 0.3 is 11.9 Å². The van der Waals surface area contributed by atoms with E-state index in [-0.39, 0.29) is 11.5 Å². The van der Waals surface area contributed by atoms with Crippen LogP contribution in [0, 0.1) is 5.21 Å². The lowest BCUT2D eigenvalue weighted by atomic mass is 10.2. The second-order valence-electron chi connectivity index (χ2n) is 3.75. The molecule has 0 saturated carbocycles. The zero-order valence-corrected chi connectivity index (χ0v) is 11.3. The van der Waals surface area contributed by atoms with Gasteiger partial charge in [-0.3, -0.25) is 4.79 Å². The topological polar surface area (TPSA) is 114 Å². The summed E-state index contributed by atoms with van der Waals surface area (Å²) in [5, 5.41) is 23.9. The molecule has 1 aromatic carbocycles. The molecule has 1 rings (SSSR count). The van der Waals surface area contributed by atoms with Crippen molar-refractivity contribution in [2.75, 3.05) is 19.9 Å². The predicted octanol–water partition coefficient (Wildman–Crippen LogP) is 1.02. The van der Waals surface area contributed by atoms with Crippen molar-refractivity contribution in [3.05, 3.63) is 41.1 Å². The molecule has 0 spiro atoms. The Hall–Kier alpha value is -2.84. The van der Waals surface area contributed by atoms with E-state index >= 15 is 0 Å². The summed E-state index contributed by atoms with van der Waals surface area (Å²) in [5.74, 6) is -1.80. The minimum absolute atomic E-state index is 0.00945. The van der Waals surface area contributed by atoms with Gasteiger partial charge in [0.15, 0.2) is 6.54 Å². The van der Waals surface area contributed by atoms with E-state index in [2.05, 4.69) is 10.1 Å². The van der Waals surface area contributed by atoms with Crippen LogP contribution in [0.1, 0.15) is 17.3 Å². The van der Waals surface area contributed by atoms with Crippen LogP contribution in [0.2, 0.25) is 0 Å². The maximum Gasteiger partial charge on any atom is 0.341 e. The lowest BCUT2D eigenvalue weighted by Crippen LogP contribution is -2.35. The molecule has 0 amide bonds. The quantitative estimate of drug-likeness (QED) is 0.190. The molecule has 0 fully saturated rings. The van der Waals surface area contributed by atoms with Crippen molar-refractivity contribution in [1.82, 2.24) is 5.01 Å². The number of benzene rings is 1. The van der Waals surface area contributed by atoms with Gasteiger partial charge in [-0.25, -0.2) is 4.79 Å². The number of ether oxygens (including phenoxy) is 1. The minimum Gasteiger partial charge on any atom is -0.569 e. The SMILES string of the molecule is CCN(CC(=O)O)[N+]([O-])=NOCOC(=O)c1ccccc1. The fraction of sp³-hybridized carbons (Fsp3) is 0.333. The number of carboxylic acids is 1. The fourth-order valence-corrected chi connectivity index (χ4v) is 1.31. The van der Waals surface area contributed by atoms with Crippen LogP contribution in [-0.2, 0) is 14.4 Å². The highest BCUT2D eigenvalue weighted by molar-refractivity contribution is 5.89. The normalized spacial score (nSPS) is 10.8. The third kappa shape index (κ3) is 5.76. The molecule has 0 aliphatic heterocycles. The molecule has 0 aromatic heterocycles. The fourth-order valence-electron chi connectivity index (χ4n) is 1.31. The second kappa shape index (κ2) is 8.35. The number of carbonyl (C=O) groups excluding carboxylic acids is 1. The van der Waals surface area contributed by atoms with Gasteiger partial charge in [-0.1, -0.05) is 18.2 Å². The van der Waals surface area contributed by atoms with Gasteiger partial charge in [-0.15, -0.1) is 5.01 Å². The molecule has 0 bridgehead atoms.